The molecule has 3 amide bonds. The lowest BCUT2D eigenvalue weighted by Gasteiger charge is -2.44. The highest BCUT2D eigenvalue weighted by Gasteiger charge is 2.58. The fourth-order valence-corrected chi connectivity index (χ4v) is 4.92. The van der Waals surface area contributed by atoms with E-state index < -0.39 is 22.9 Å². The predicted octanol–water partition coefficient (Wildman–Crippen LogP) is 1.67. The Bertz CT molecular complexity index is 894. The number of benzene rings is 1. The van der Waals surface area contributed by atoms with Gasteiger partial charge in [0.1, 0.15) is 17.8 Å². The minimum Gasteiger partial charge on any atom is -0.508 e. The summed E-state index contributed by atoms with van der Waals surface area (Å²) >= 11 is 0. The molecule has 4 rings (SSSR count). The quantitative estimate of drug-likeness (QED) is 0.689. The summed E-state index contributed by atoms with van der Waals surface area (Å²) in [6.07, 6.45) is 3.32. The van der Waals surface area contributed by atoms with Crippen molar-refractivity contribution in [3.8, 4) is 5.75 Å². The Balaban J connectivity index is 1.79. The minimum atomic E-state index is -1.10. The highest BCUT2D eigenvalue weighted by molar-refractivity contribution is 6.08. The number of anilines is 1. The molecule has 28 heavy (non-hydrogen) atoms. The third-order valence-corrected chi connectivity index (χ3v) is 6.67. The van der Waals surface area contributed by atoms with Gasteiger partial charge in [-0.05, 0) is 30.9 Å². The van der Waals surface area contributed by atoms with Crippen molar-refractivity contribution in [2.75, 3.05) is 11.9 Å². The number of aromatic hydroxyl groups is 1. The number of piperazine rings is 1. The third kappa shape index (κ3) is 2.38. The summed E-state index contributed by atoms with van der Waals surface area (Å²) in [5, 5.41) is 15.5. The summed E-state index contributed by atoms with van der Waals surface area (Å²) < 4.78 is 0. The van der Waals surface area contributed by atoms with Gasteiger partial charge >= 0.3 is 0 Å². The van der Waals surface area contributed by atoms with Crippen LogP contribution in [0.4, 0.5) is 5.69 Å². The van der Waals surface area contributed by atoms with E-state index in [1.807, 2.05) is 13.8 Å². The third-order valence-electron chi connectivity index (χ3n) is 6.67. The fourth-order valence-electron chi connectivity index (χ4n) is 4.92. The molecule has 2 saturated heterocycles. The molecule has 0 unspecified atom stereocenters. The molecule has 0 aliphatic carbocycles. The van der Waals surface area contributed by atoms with Gasteiger partial charge < -0.3 is 20.6 Å². The van der Waals surface area contributed by atoms with Crippen molar-refractivity contribution in [1.82, 2.24) is 10.2 Å². The van der Waals surface area contributed by atoms with Crippen LogP contribution in [0.25, 0.3) is 0 Å². The van der Waals surface area contributed by atoms with Crippen LogP contribution in [0.3, 0.4) is 0 Å². The van der Waals surface area contributed by atoms with Crippen LogP contribution in [0.5, 0.6) is 5.75 Å². The summed E-state index contributed by atoms with van der Waals surface area (Å²) in [6, 6.07) is 3.57. The first kappa shape index (κ1) is 18.5. The average Bonchev–Trinajstić information content (AvgIpc) is 3.23. The second-order valence-electron chi connectivity index (χ2n) is 8.47. The maximum Gasteiger partial charge on any atom is 0.245 e. The number of carbonyl (C=O) groups excluding carboxylic acids is 3. The molecule has 3 N–H and O–H groups in total. The Hall–Kier alpha value is -2.83. The molecule has 3 atom stereocenters. The van der Waals surface area contributed by atoms with Crippen LogP contribution in [0, 0.1) is 5.41 Å². The van der Waals surface area contributed by atoms with Gasteiger partial charge in [-0.15, -0.1) is 6.58 Å². The molecule has 0 radical (unpaired) electrons. The molecule has 3 aliphatic heterocycles. The molecule has 0 bridgehead atoms. The van der Waals surface area contributed by atoms with Crippen molar-refractivity contribution in [1.29, 1.82) is 0 Å². The Labute approximate surface area is 163 Å². The summed E-state index contributed by atoms with van der Waals surface area (Å²) in [4.78, 5) is 40.5. The van der Waals surface area contributed by atoms with Gasteiger partial charge in [0.15, 0.2) is 0 Å². The van der Waals surface area contributed by atoms with Crippen LogP contribution >= 0.6 is 0 Å². The lowest BCUT2D eigenvalue weighted by atomic mass is 9.59. The summed E-state index contributed by atoms with van der Waals surface area (Å²) in [6.45, 7) is 8.28. The van der Waals surface area contributed by atoms with E-state index >= 15 is 0 Å². The standard InChI is InChI=1S/C21H25N3O4/c1-4-20(2,3)21(13-8-7-12(25)10-14(13)23-19(21)28)11-15-18(27)24-9-5-6-16(24)17(26)22-15/h4,7-8,10,15-16,25H,1,5-6,9,11H2,2-3H3,(H,22,26)(H,23,28)/t15-,16-,21-/m0/s1. The van der Waals surface area contributed by atoms with E-state index in [-0.39, 0.29) is 29.9 Å². The maximum atomic E-state index is 13.3. The van der Waals surface area contributed by atoms with Crippen LogP contribution in [0.1, 0.15) is 38.7 Å². The predicted molar refractivity (Wildman–Crippen MR) is 104 cm³/mol. The van der Waals surface area contributed by atoms with Crippen molar-refractivity contribution in [2.45, 2.75) is 50.6 Å². The van der Waals surface area contributed by atoms with Crippen molar-refractivity contribution >= 4 is 23.4 Å². The van der Waals surface area contributed by atoms with Gasteiger partial charge in [0.2, 0.25) is 17.7 Å². The monoisotopic (exact) mass is 383 g/mol. The molecule has 3 aliphatic rings. The normalized spacial score (nSPS) is 29.2. The molecule has 148 valence electrons. The smallest absolute Gasteiger partial charge is 0.245 e. The summed E-state index contributed by atoms with van der Waals surface area (Å²) in [5.41, 5.74) is -0.580. The van der Waals surface area contributed by atoms with Crippen molar-refractivity contribution < 1.29 is 19.5 Å². The maximum absolute atomic E-state index is 13.3. The van der Waals surface area contributed by atoms with Gasteiger partial charge in [0.05, 0.1) is 5.41 Å². The molecule has 2 fully saturated rings. The van der Waals surface area contributed by atoms with Crippen LogP contribution < -0.4 is 10.6 Å². The zero-order valence-electron chi connectivity index (χ0n) is 16.1. The number of carbonyl (C=O) groups is 3. The lowest BCUT2D eigenvalue weighted by Crippen LogP contribution is -2.63. The molecule has 0 saturated carbocycles. The number of hydrogen-bond acceptors (Lipinski definition) is 4. The summed E-state index contributed by atoms with van der Waals surface area (Å²) in [7, 11) is 0. The highest BCUT2D eigenvalue weighted by atomic mass is 16.3. The zero-order chi connectivity index (χ0) is 20.3. The Morgan fingerprint density at radius 1 is 1.36 bits per heavy atom. The number of phenols is 1. The average molecular weight is 383 g/mol. The van der Waals surface area contributed by atoms with Crippen molar-refractivity contribution in [2.24, 2.45) is 5.41 Å². The second-order valence-corrected chi connectivity index (χ2v) is 8.47. The number of rotatable bonds is 4. The first-order valence-electron chi connectivity index (χ1n) is 9.61. The van der Waals surface area contributed by atoms with Crippen molar-refractivity contribution in [3.63, 3.8) is 0 Å². The lowest BCUT2D eigenvalue weighted by molar-refractivity contribution is -0.148. The number of amides is 3. The molecule has 7 nitrogen and oxygen atoms in total. The van der Waals surface area contributed by atoms with Gasteiger partial charge in [-0.25, -0.2) is 0 Å². The fraction of sp³-hybridized carbons (Fsp3) is 0.476. The van der Waals surface area contributed by atoms with Gasteiger partial charge in [0.25, 0.3) is 0 Å². The van der Waals surface area contributed by atoms with E-state index in [1.165, 1.54) is 12.1 Å². The highest BCUT2D eigenvalue weighted by Crippen LogP contribution is 2.53. The van der Waals surface area contributed by atoms with E-state index in [0.29, 0.717) is 24.2 Å². The summed E-state index contributed by atoms with van der Waals surface area (Å²) in [5.74, 6) is -0.504. The molecule has 3 heterocycles. The topological polar surface area (TPSA) is 98.7 Å². The van der Waals surface area contributed by atoms with Gasteiger partial charge in [0, 0.05) is 23.7 Å². The van der Waals surface area contributed by atoms with Gasteiger partial charge in [-0.2, -0.15) is 0 Å². The number of nitrogens with one attached hydrogen (secondary N) is 2. The minimum absolute atomic E-state index is 0.0493. The van der Waals surface area contributed by atoms with Crippen LogP contribution in [-0.2, 0) is 19.8 Å². The molecule has 7 heteroatoms. The second kappa shape index (κ2) is 6.09. The molecule has 1 aromatic carbocycles. The van der Waals surface area contributed by atoms with E-state index in [1.54, 1.807) is 17.0 Å². The SMILES string of the molecule is C=CC(C)(C)[C@]1(C[C@@H]2NC(=O)[C@@H]3CCCN3C2=O)C(=O)Nc2cc(O)ccc21. The van der Waals surface area contributed by atoms with Crippen LogP contribution in [0.15, 0.2) is 30.9 Å². The number of phenolic OH excluding ortho intramolecular Hbond substituents is 1. The Morgan fingerprint density at radius 2 is 2.11 bits per heavy atom. The van der Waals surface area contributed by atoms with E-state index in [2.05, 4.69) is 17.2 Å². The molecular weight excluding hydrogens is 358 g/mol. The van der Waals surface area contributed by atoms with E-state index in [9.17, 15) is 19.5 Å². The van der Waals surface area contributed by atoms with Crippen LogP contribution in [0.2, 0.25) is 0 Å². The van der Waals surface area contributed by atoms with E-state index in [4.69, 9.17) is 0 Å². The molecule has 0 spiro atoms. The number of fused-ring (bicyclic) bond motifs is 2. The number of nitrogens with zero attached hydrogens (tertiary/aromatic N) is 1. The van der Waals surface area contributed by atoms with Gasteiger partial charge in [-0.3, -0.25) is 14.4 Å². The first-order chi connectivity index (χ1) is 13.2. The molecule has 1 aromatic rings. The number of allylic oxidation sites excluding steroid dienone is 1. The van der Waals surface area contributed by atoms with Gasteiger partial charge in [-0.1, -0.05) is 26.0 Å². The molecular formula is C21H25N3O4. The van der Waals surface area contributed by atoms with E-state index in [0.717, 1.165) is 6.42 Å². The first-order valence-corrected chi connectivity index (χ1v) is 9.61. The Morgan fingerprint density at radius 3 is 2.82 bits per heavy atom. The number of hydrogen-bond donors (Lipinski definition) is 3. The zero-order valence-corrected chi connectivity index (χ0v) is 16.1. The van der Waals surface area contributed by atoms with Crippen LogP contribution in [-0.4, -0.2) is 46.4 Å². The Kier molecular flexibility index (Phi) is 4.03. The van der Waals surface area contributed by atoms with Crippen molar-refractivity contribution in [3.05, 3.63) is 36.4 Å². The largest absolute Gasteiger partial charge is 0.508 e. The molecule has 0 aromatic heterocycles.